The minimum atomic E-state index is -0.293. The van der Waals surface area contributed by atoms with Crippen LogP contribution in [-0.4, -0.2) is 23.9 Å². The van der Waals surface area contributed by atoms with Crippen LogP contribution in [0, 0.1) is 0 Å². The number of aromatic nitrogens is 1. The van der Waals surface area contributed by atoms with Gasteiger partial charge < -0.3 is 15.4 Å². The molecule has 2 aromatic carbocycles. The lowest BCUT2D eigenvalue weighted by molar-refractivity contribution is 0.0939. The quantitative estimate of drug-likeness (QED) is 0.648. The molecule has 0 saturated heterocycles. The first-order chi connectivity index (χ1) is 14.1. The predicted octanol–water partition coefficient (Wildman–Crippen LogP) is 3.51. The Hall–Kier alpha value is -3.67. The van der Waals surface area contributed by atoms with Crippen molar-refractivity contribution in [1.82, 2.24) is 15.6 Å². The van der Waals surface area contributed by atoms with Gasteiger partial charge in [0.1, 0.15) is 5.75 Å². The molecule has 1 aromatic heterocycles. The third-order valence-corrected chi connectivity index (χ3v) is 4.52. The van der Waals surface area contributed by atoms with Gasteiger partial charge in [0, 0.05) is 18.9 Å². The molecule has 1 unspecified atom stereocenters. The number of hydrogen-bond donors (Lipinski definition) is 2. The van der Waals surface area contributed by atoms with Crippen molar-refractivity contribution < 1.29 is 14.3 Å². The van der Waals surface area contributed by atoms with Crippen molar-refractivity contribution in [2.24, 2.45) is 0 Å². The van der Waals surface area contributed by atoms with Crippen molar-refractivity contribution in [2.45, 2.75) is 19.5 Å². The zero-order chi connectivity index (χ0) is 20.6. The summed E-state index contributed by atoms with van der Waals surface area (Å²) in [5.41, 5.74) is 2.61. The molecule has 0 radical (unpaired) electrons. The number of methoxy groups -OCH3 is 1. The first-order valence-corrected chi connectivity index (χ1v) is 9.29. The van der Waals surface area contributed by atoms with E-state index >= 15 is 0 Å². The first-order valence-electron chi connectivity index (χ1n) is 9.29. The molecule has 2 amide bonds. The van der Waals surface area contributed by atoms with Crippen LogP contribution in [0.1, 0.15) is 44.8 Å². The minimum Gasteiger partial charge on any atom is -0.497 e. The number of ether oxygens (including phenoxy) is 1. The molecule has 0 aliphatic rings. The van der Waals surface area contributed by atoms with Crippen molar-refractivity contribution in [3.8, 4) is 5.75 Å². The van der Waals surface area contributed by atoms with Crippen molar-refractivity contribution in [3.05, 3.63) is 95.3 Å². The van der Waals surface area contributed by atoms with Gasteiger partial charge in [-0.15, -0.1) is 0 Å². The Labute approximate surface area is 169 Å². The van der Waals surface area contributed by atoms with Crippen LogP contribution in [-0.2, 0) is 6.54 Å². The molecule has 2 N–H and O–H groups in total. The van der Waals surface area contributed by atoms with Crippen molar-refractivity contribution in [2.75, 3.05) is 7.11 Å². The maximum atomic E-state index is 12.5. The number of pyridine rings is 1. The Morgan fingerprint density at radius 2 is 1.62 bits per heavy atom. The summed E-state index contributed by atoms with van der Waals surface area (Å²) in [6.45, 7) is 2.27. The van der Waals surface area contributed by atoms with Gasteiger partial charge in [0.15, 0.2) is 0 Å². The largest absolute Gasteiger partial charge is 0.497 e. The van der Waals surface area contributed by atoms with Gasteiger partial charge in [0.05, 0.1) is 24.3 Å². The van der Waals surface area contributed by atoms with E-state index in [4.69, 9.17) is 4.74 Å². The lowest BCUT2D eigenvalue weighted by atomic mass is 10.1. The molecule has 1 atom stereocenters. The second-order valence-corrected chi connectivity index (χ2v) is 6.60. The van der Waals surface area contributed by atoms with Gasteiger partial charge in [0.2, 0.25) is 0 Å². The molecule has 29 heavy (non-hydrogen) atoms. The van der Waals surface area contributed by atoms with Crippen LogP contribution in [0.4, 0.5) is 0 Å². The molecule has 3 rings (SSSR count). The van der Waals surface area contributed by atoms with Gasteiger partial charge in [-0.05, 0) is 36.2 Å². The van der Waals surface area contributed by atoms with Crippen LogP contribution < -0.4 is 15.4 Å². The smallest absolute Gasteiger partial charge is 0.253 e. The van der Waals surface area contributed by atoms with Crippen LogP contribution in [0.25, 0.3) is 0 Å². The van der Waals surface area contributed by atoms with Crippen LogP contribution >= 0.6 is 0 Å². The molecule has 0 saturated carbocycles. The fourth-order valence-electron chi connectivity index (χ4n) is 2.82. The van der Waals surface area contributed by atoms with E-state index in [1.165, 1.54) is 12.4 Å². The van der Waals surface area contributed by atoms with E-state index in [2.05, 4.69) is 15.6 Å². The van der Waals surface area contributed by atoms with Gasteiger partial charge in [0.25, 0.3) is 11.8 Å². The Balaban J connectivity index is 1.61. The second-order valence-electron chi connectivity index (χ2n) is 6.60. The van der Waals surface area contributed by atoms with Crippen molar-refractivity contribution in [3.63, 3.8) is 0 Å². The summed E-state index contributed by atoms with van der Waals surface area (Å²) in [4.78, 5) is 29.0. The zero-order valence-corrected chi connectivity index (χ0v) is 16.4. The van der Waals surface area contributed by atoms with Gasteiger partial charge >= 0.3 is 0 Å². The SMILES string of the molecule is COc1ccc(CNC(=O)c2cncc(C(=O)NC(C)c3ccccc3)c2)cc1. The highest BCUT2D eigenvalue weighted by Gasteiger charge is 2.14. The highest BCUT2D eigenvalue weighted by Crippen LogP contribution is 2.13. The predicted molar refractivity (Wildman–Crippen MR) is 111 cm³/mol. The average molecular weight is 389 g/mol. The summed E-state index contributed by atoms with van der Waals surface area (Å²) in [6.07, 6.45) is 2.90. The Morgan fingerprint density at radius 3 is 2.28 bits per heavy atom. The topological polar surface area (TPSA) is 80.3 Å². The Morgan fingerprint density at radius 1 is 0.966 bits per heavy atom. The molecule has 3 aromatic rings. The average Bonchev–Trinajstić information content (AvgIpc) is 2.78. The lowest BCUT2D eigenvalue weighted by Gasteiger charge is -2.14. The standard InChI is InChI=1S/C23H23N3O3/c1-16(18-6-4-3-5-7-18)26-23(28)20-12-19(14-24-15-20)22(27)25-13-17-8-10-21(29-2)11-9-17/h3-12,14-16H,13H2,1-2H3,(H,25,27)(H,26,28). The highest BCUT2D eigenvalue weighted by molar-refractivity contribution is 5.99. The van der Waals surface area contributed by atoms with E-state index in [-0.39, 0.29) is 17.9 Å². The third kappa shape index (κ3) is 5.42. The molecule has 0 fully saturated rings. The number of hydrogen-bond acceptors (Lipinski definition) is 4. The molecule has 0 aliphatic heterocycles. The highest BCUT2D eigenvalue weighted by atomic mass is 16.5. The Kier molecular flexibility index (Phi) is 6.58. The molecule has 0 aliphatic carbocycles. The fourth-order valence-corrected chi connectivity index (χ4v) is 2.82. The Bertz CT molecular complexity index is 972. The number of carbonyl (C=O) groups is 2. The molecule has 1 heterocycles. The number of amides is 2. The molecule has 148 valence electrons. The van der Waals surface area contributed by atoms with Crippen LogP contribution in [0.5, 0.6) is 5.75 Å². The van der Waals surface area contributed by atoms with E-state index in [0.717, 1.165) is 16.9 Å². The van der Waals surface area contributed by atoms with Crippen LogP contribution in [0.2, 0.25) is 0 Å². The summed E-state index contributed by atoms with van der Waals surface area (Å²) in [5.74, 6) is 0.186. The summed E-state index contributed by atoms with van der Waals surface area (Å²) in [5, 5.41) is 5.76. The number of carbonyl (C=O) groups excluding carboxylic acids is 2. The maximum absolute atomic E-state index is 12.5. The van der Waals surface area contributed by atoms with E-state index in [1.54, 1.807) is 13.2 Å². The van der Waals surface area contributed by atoms with Gasteiger partial charge in [-0.1, -0.05) is 42.5 Å². The van der Waals surface area contributed by atoms with Crippen LogP contribution in [0.3, 0.4) is 0 Å². The van der Waals surface area contributed by atoms with Crippen molar-refractivity contribution >= 4 is 11.8 Å². The molecular weight excluding hydrogens is 366 g/mol. The monoisotopic (exact) mass is 389 g/mol. The van der Waals surface area contributed by atoms with Gasteiger partial charge in [-0.2, -0.15) is 0 Å². The van der Waals surface area contributed by atoms with E-state index < -0.39 is 0 Å². The first kappa shape index (κ1) is 20.1. The van der Waals surface area contributed by atoms with E-state index in [0.29, 0.717) is 17.7 Å². The molecular formula is C23H23N3O3. The molecule has 6 heteroatoms. The number of nitrogens with zero attached hydrogens (tertiary/aromatic N) is 1. The fraction of sp³-hybridized carbons (Fsp3) is 0.174. The number of benzene rings is 2. The zero-order valence-electron chi connectivity index (χ0n) is 16.4. The number of rotatable bonds is 7. The normalized spacial score (nSPS) is 11.4. The maximum Gasteiger partial charge on any atom is 0.253 e. The second kappa shape index (κ2) is 9.50. The lowest BCUT2D eigenvalue weighted by Crippen LogP contribution is -2.28. The van der Waals surface area contributed by atoms with Gasteiger partial charge in [-0.3, -0.25) is 14.6 Å². The van der Waals surface area contributed by atoms with E-state index in [1.807, 2.05) is 61.5 Å². The molecule has 0 bridgehead atoms. The molecule has 0 spiro atoms. The third-order valence-electron chi connectivity index (χ3n) is 4.52. The summed E-state index contributed by atoms with van der Waals surface area (Å²) in [6, 6.07) is 18.5. The summed E-state index contributed by atoms with van der Waals surface area (Å²) >= 11 is 0. The van der Waals surface area contributed by atoms with Crippen LogP contribution in [0.15, 0.2) is 73.1 Å². The van der Waals surface area contributed by atoms with E-state index in [9.17, 15) is 9.59 Å². The van der Waals surface area contributed by atoms with Gasteiger partial charge in [-0.25, -0.2) is 0 Å². The summed E-state index contributed by atoms with van der Waals surface area (Å²) < 4.78 is 5.12. The molecule has 6 nitrogen and oxygen atoms in total. The van der Waals surface area contributed by atoms with Crippen molar-refractivity contribution in [1.29, 1.82) is 0 Å². The summed E-state index contributed by atoms with van der Waals surface area (Å²) in [7, 11) is 1.60. The number of nitrogens with one attached hydrogen (secondary N) is 2. The minimum absolute atomic E-state index is 0.156.